The van der Waals surface area contributed by atoms with Gasteiger partial charge in [0.05, 0.1) is 29.4 Å². The maximum absolute atomic E-state index is 13.4. The Hall–Kier alpha value is -2.26. The molecular weight excluding hydrogens is 359 g/mol. The quantitative estimate of drug-likeness (QED) is 0.872. The second-order valence-corrected chi connectivity index (χ2v) is 8.11. The van der Waals surface area contributed by atoms with Crippen LogP contribution in [0.1, 0.15) is 30.3 Å². The molecule has 26 heavy (non-hydrogen) atoms. The number of benzene rings is 1. The van der Waals surface area contributed by atoms with Gasteiger partial charge in [-0.15, -0.1) is 0 Å². The number of nitrogens with zero attached hydrogens (tertiary/aromatic N) is 3. The Balaban J connectivity index is 1.75. The number of hydrogen-bond donors (Lipinski definition) is 1. The van der Waals surface area contributed by atoms with Crippen molar-refractivity contribution in [1.29, 1.82) is 0 Å². The summed E-state index contributed by atoms with van der Waals surface area (Å²) in [6.45, 7) is 4.95. The van der Waals surface area contributed by atoms with Gasteiger partial charge in [-0.2, -0.15) is 5.10 Å². The van der Waals surface area contributed by atoms with Gasteiger partial charge < -0.3 is 4.90 Å². The first kappa shape index (κ1) is 18.5. The summed E-state index contributed by atoms with van der Waals surface area (Å²) < 4.78 is 42.6. The molecule has 1 aliphatic rings. The zero-order valence-electron chi connectivity index (χ0n) is 14.7. The molecule has 0 aliphatic carbocycles. The van der Waals surface area contributed by atoms with Crippen LogP contribution in [0.15, 0.2) is 29.2 Å². The van der Waals surface area contributed by atoms with E-state index in [-0.39, 0.29) is 17.3 Å². The maximum atomic E-state index is 13.4. The molecule has 0 bridgehead atoms. The topological polar surface area (TPSA) is 84.3 Å². The van der Waals surface area contributed by atoms with Crippen LogP contribution >= 0.6 is 0 Å². The van der Waals surface area contributed by atoms with E-state index in [0.29, 0.717) is 30.9 Å². The number of rotatable bonds is 4. The zero-order chi connectivity index (χ0) is 18.9. The molecule has 0 fully saturated rings. The van der Waals surface area contributed by atoms with Gasteiger partial charge in [-0.05, 0) is 37.1 Å². The number of halogens is 1. The first-order valence-corrected chi connectivity index (χ1v) is 9.81. The summed E-state index contributed by atoms with van der Waals surface area (Å²) in [5.74, 6) is -0.600. The Labute approximate surface area is 151 Å². The predicted octanol–water partition coefficient (Wildman–Crippen LogP) is 1.56. The van der Waals surface area contributed by atoms with Crippen molar-refractivity contribution in [2.75, 3.05) is 6.54 Å². The van der Waals surface area contributed by atoms with Gasteiger partial charge in [0.15, 0.2) is 0 Å². The molecule has 1 aliphatic heterocycles. The van der Waals surface area contributed by atoms with Crippen LogP contribution in [0.2, 0.25) is 0 Å². The number of carbonyl (C=O) groups excluding carboxylic acids is 1. The number of amides is 1. The molecule has 1 aromatic heterocycles. The Morgan fingerprint density at radius 3 is 2.81 bits per heavy atom. The molecule has 0 unspecified atom stereocenters. The van der Waals surface area contributed by atoms with E-state index in [1.165, 1.54) is 19.1 Å². The molecule has 0 radical (unpaired) electrons. The minimum atomic E-state index is -3.85. The average Bonchev–Trinajstić information content (AvgIpc) is 2.85. The molecule has 0 spiro atoms. The normalized spacial score (nSPS) is 14.8. The third-order valence-electron chi connectivity index (χ3n) is 4.39. The lowest BCUT2D eigenvalue weighted by Gasteiger charge is -2.17. The van der Waals surface area contributed by atoms with Crippen LogP contribution in [-0.2, 0) is 34.5 Å². The van der Waals surface area contributed by atoms with Crippen LogP contribution in [-0.4, -0.2) is 35.6 Å². The monoisotopic (exact) mass is 380 g/mol. The molecule has 9 heteroatoms. The Kier molecular flexibility index (Phi) is 5.10. The smallest absolute Gasteiger partial charge is 0.241 e. The van der Waals surface area contributed by atoms with Crippen molar-refractivity contribution in [2.45, 2.75) is 44.8 Å². The molecule has 0 saturated heterocycles. The van der Waals surface area contributed by atoms with Crippen LogP contribution in [0, 0.1) is 12.7 Å². The van der Waals surface area contributed by atoms with Gasteiger partial charge in [0.1, 0.15) is 5.82 Å². The molecule has 1 N–H and O–H groups in total. The number of hydrogen-bond acceptors (Lipinski definition) is 4. The second kappa shape index (κ2) is 7.16. The summed E-state index contributed by atoms with van der Waals surface area (Å²) in [6, 6.07) is 5.45. The van der Waals surface area contributed by atoms with Gasteiger partial charge in [0, 0.05) is 20.0 Å². The number of aromatic nitrogens is 2. The Morgan fingerprint density at radius 1 is 1.31 bits per heavy atom. The lowest BCUT2D eigenvalue weighted by atomic mass is 10.2. The lowest BCUT2D eigenvalue weighted by molar-refractivity contribution is -0.129. The number of aryl methyl sites for hydroxylation is 2. The van der Waals surface area contributed by atoms with Crippen LogP contribution in [0.4, 0.5) is 4.39 Å². The molecule has 0 atom stereocenters. The van der Waals surface area contributed by atoms with Gasteiger partial charge in [-0.25, -0.2) is 17.5 Å². The number of fused-ring (bicyclic) bond motifs is 1. The van der Waals surface area contributed by atoms with E-state index in [0.717, 1.165) is 18.2 Å². The first-order chi connectivity index (χ1) is 12.3. The maximum Gasteiger partial charge on any atom is 0.241 e. The van der Waals surface area contributed by atoms with Crippen LogP contribution < -0.4 is 4.72 Å². The second-order valence-electron chi connectivity index (χ2n) is 6.38. The SMILES string of the molecule is CC(=O)N1CCCn2nc(CNS(=O)(=O)c3cc(F)ccc3C)cc2C1. The summed E-state index contributed by atoms with van der Waals surface area (Å²) in [4.78, 5) is 13.3. The standard InChI is InChI=1S/C17H21FN4O3S/c1-12-4-5-14(18)8-17(12)26(24,25)19-10-15-9-16-11-21(13(2)23)6-3-7-22(16)20-15/h4-5,8-9,19H,3,6-7,10-11H2,1-2H3. The predicted molar refractivity (Wildman–Crippen MR) is 93.1 cm³/mol. The average molecular weight is 380 g/mol. The summed E-state index contributed by atoms with van der Waals surface area (Å²) in [7, 11) is -3.85. The molecule has 2 aromatic rings. The number of sulfonamides is 1. The molecule has 3 rings (SSSR count). The van der Waals surface area contributed by atoms with Crippen LogP contribution in [0.3, 0.4) is 0 Å². The van der Waals surface area contributed by atoms with Crippen molar-refractivity contribution in [3.05, 3.63) is 47.0 Å². The largest absolute Gasteiger partial charge is 0.337 e. The fourth-order valence-corrected chi connectivity index (χ4v) is 4.24. The van der Waals surface area contributed by atoms with Crippen LogP contribution in [0.5, 0.6) is 0 Å². The highest BCUT2D eigenvalue weighted by molar-refractivity contribution is 7.89. The Morgan fingerprint density at radius 2 is 2.08 bits per heavy atom. The van der Waals surface area contributed by atoms with Crippen molar-refractivity contribution in [3.8, 4) is 0 Å². The fraction of sp³-hybridized carbons (Fsp3) is 0.412. The summed E-state index contributed by atoms with van der Waals surface area (Å²) in [5, 5.41) is 4.42. The highest BCUT2D eigenvalue weighted by Crippen LogP contribution is 2.18. The van der Waals surface area contributed by atoms with Gasteiger partial charge in [-0.1, -0.05) is 6.07 Å². The summed E-state index contributed by atoms with van der Waals surface area (Å²) in [5.41, 5.74) is 1.90. The molecular formula is C17H21FN4O3S. The molecule has 1 aromatic carbocycles. The lowest BCUT2D eigenvalue weighted by Crippen LogP contribution is -2.28. The number of nitrogens with one attached hydrogen (secondary N) is 1. The zero-order valence-corrected chi connectivity index (χ0v) is 15.5. The summed E-state index contributed by atoms with van der Waals surface area (Å²) in [6.07, 6.45) is 0.794. The van der Waals surface area contributed by atoms with Crippen molar-refractivity contribution < 1.29 is 17.6 Å². The minimum absolute atomic E-state index is 0.00163. The third-order valence-corrected chi connectivity index (χ3v) is 5.94. The first-order valence-electron chi connectivity index (χ1n) is 8.33. The molecule has 1 amide bonds. The molecule has 140 valence electrons. The van der Waals surface area contributed by atoms with E-state index in [9.17, 15) is 17.6 Å². The molecule has 2 heterocycles. The van der Waals surface area contributed by atoms with Gasteiger partial charge >= 0.3 is 0 Å². The van der Waals surface area contributed by atoms with E-state index in [4.69, 9.17) is 0 Å². The van der Waals surface area contributed by atoms with Gasteiger partial charge in [0.2, 0.25) is 15.9 Å². The van der Waals surface area contributed by atoms with Gasteiger partial charge in [0.25, 0.3) is 0 Å². The highest BCUT2D eigenvalue weighted by Gasteiger charge is 2.21. The molecule has 7 nitrogen and oxygen atoms in total. The minimum Gasteiger partial charge on any atom is -0.337 e. The van der Waals surface area contributed by atoms with Crippen molar-refractivity contribution in [3.63, 3.8) is 0 Å². The Bertz CT molecular complexity index is 939. The molecule has 0 saturated carbocycles. The van der Waals surface area contributed by atoms with Crippen LogP contribution in [0.25, 0.3) is 0 Å². The highest BCUT2D eigenvalue weighted by atomic mass is 32.2. The van der Waals surface area contributed by atoms with Crippen molar-refractivity contribution in [1.82, 2.24) is 19.4 Å². The third kappa shape index (κ3) is 3.94. The number of carbonyl (C=O) groups is 1. The van der Waals surface area contributed by atoms with E-state index < -0.39 is 15.8 Å². The summed E-state index contributed by atoms with van der Waals surface area (Å²) >= 11 is 0. The van der Waals surface area contributed by atoms with E-state index >= 15 is 0 Å². The van der Waals surface area contributed by atoms with Crippen molar-refractivity contribution in [2.24, 2.45) is 0 Å². The fourth-order valence-electron chi connectivity index (χ4n) is 2.99. The van der Waals surface area contributed by atoms with Gasteiger partial charge in [-0.3, -0.25) is 9.48 Å². The van der Waals surface area contributed by atoms with Crippen molar-refractivity contribution >= 4 is 15.9 Å². The van der Waals surface area contributed by atoms with E-state index in [1.807, 2.05) is 0 Å². The van der Waals surface area contributed by atoms with E-state index in [1.54, 1.807) is 22.6 Å². The van der Waals surface area contributed by atoms with E-state index in [2.05, 4.69) is 9.82 Å².